The van der Waals surface area contributed by atoms with Gasteiger partial charge in [0.1, 0.15) is 0 Å². The SMILES string of the molecule is C[N-]n1cc[nH]1. The molecule has 0 aromatic carbocycles. The first-order valence-electron chi connectivity index (χ1n) is 1.75. The maximum absolute atomic E-state index is 3.73. The molecular weight excluding hydrogens is 78.1 g/mol. The highest BCUT2D eigenvalue weighted by Gasteiger charge is 1.64. The van der Waals surface area contributed by atoms with Crippen LogP contribution < -0.4 is 0 Å². The summed E-state index contributed by atoms with van der Waals surface area (Å²) in [5, 5.41) is 2.78. The van der Waals surface area contributed by atoms with Gasteiger partial charge in [0.2, 0.25) is 0 Å². The second-order valence-electron chi connectivity index (χ2n) is 0.989. The molecule has 3 nitrogen and oxygen atoms in total. The van der Waals surface area contributed by atoms with Crippen molar-refractivity contribution < 1.29 is 0 Å². The Kier molecular flexibility index (Phi) is 0.602. The van der Waals surface area contributed by atoms with Crippen LogP contribution in [0.4, 0.5) is 0 Å². The highest BCUT2D eigenvalue weighted by molar-refractivity contribution is 4.78. The summed E-state index contributed by atoms with van der Waals surface area (Å²) in [6, 6.07) is 0. The van der Waals surface area contributed by atoms with Crippen LogP contribution in [0.25, 0.3) is 5.43 Å². The van der Waals surface area contributed by atoms with Crippen molar-refractivity contribution in [3.63, 3.8) is 0 Å². The largest absolute Gasteiger partial charge is 0.408 e. The van der Waals surface area contributed by atoms with Crippen LogP contribution in [0.1, 0.15) is 0 Å². The normalized spacial score (nSPS) is 8.83. The van der Waals surface area contributed by atoms with Gasteiger partial charge in [0, 0.05) is 6.20 Å². The molecule has 0 spiro atoms. The van der Waals surface area contributed by atoms with Gasteiger partial charge in [0.25, 0.3) is 0 Å². The van der Waals surface area contributed by atoms with E-state index >= 15 is 0 Å². The highest BCUT2D eigenvalue weighted by Crippen LogP contribution is 1.84. The summed E-state index contributed by atoms with van der Waals surface area (Å²) in [5.74, 6) is 0. The molecule has 1 heterocycles. The number of rotatable bonds is 1. The Labute approximate surface area is 35.9 Å². The fourth-order valence-electron chi connectivity index (χ4n) is 0.266. The van der Waals surface area contributed by atoms with Gasteiger partial charge < -0.3 is 15.3 Å². The predicted octanol–water partition coefficient (Wildman–Crippen LogP) is 0.583. The molecule has 6 heavy (non-hydrogen) atoms. The molecular formula is C3H6N3-. The lowest BCUT2D eigenvalue weighted by Crippen LogP contribution is -1.98. The third-order valence-corrected chi connectivity index (χ3v) is 0.638. The Morgan fingerprint density at radius 1 is 1.83 bits per heavy atom. The fraction of sp³-hybridized carbons (Fsp3) is 0.333. The smallest absolute Gasteiger partial charge is 0.00234 e. The molecule has 3 heteroatoms. The van der Waals surface area contributed by atoms with Gasteiger partial charge in [-0.1, -0.05) is 6.20 Å². The molecule has 0 aliphatic rings. The van der Waals surface area contributed by atoms with Gasteiger partial charge in [-0.05, 0) is 7.05 Å². The summed E-state index contributed by atoms with van der Waals surface area (Å²) in [6.45, 7) is 0. The Bertz CT molecular complexity index is 98.7. The van der Waals surface area contributed by atoms with Crippen LogP contribution in [0.3, 0.4) is 0 Å². The lowest BCUT2D eigenvalue weighted by atomic mass is 10.9. The molecule has 0 saturated carbocycles. The van der Waals surface area contributed by atoms with Crippen molar-refractivity contribution >= 4 is 0 Å². The third-order valence-electron chi connectivity index (χ3n) is 0.638. The molecule has 0 unspecified atom stereocenters. The molecule has 1 N–H and O–H groups in total. The molecule has 0 bridgehead atoms. The number of nitrogens with one attached hydrogen (secondary N) is 1. The van der Waals surface area contributed by atoms with Crippen LogP contribution in [0.5, 0.6) is 0 Å². The van der Waals surface area contributed by atoms with Gasteiger partial charge in [-0.2, -0.15) is 0 Å². The minimum absolute atomic E-state index is 1.62. The van der Waals surface area contributed by atoms with E-state index in [2.05, 4.69) is 10.5 Å². The zero-order valence-corrected chi connectivity index (χ0v) is 3.55. The minimum Gasteiger partial charge on any atom is -0.408 e. The van der Waals surface area contributed by atoms with Crippen LogP contribution >= 0.6 is 0 Å². The van der Waals surface area contributed by atoms with E-state index in [0.29, 0.717) is 0 Å². The molecule has 0 aliphatic carbocycles. The fourth-order valence-corrected chi connectivity index (χ4v) is 0.266. The minimum atomic E-state index is 1.62. The maximum Gasteiger partial charge on any atom is 0.00234 e. The van der Waals surface area contributed by atoms with Crippen molar-refractivity contribution in [2.75, 3.05) is 7.05 Å². The summed E-state index contributed by atoms with van der Waals surface area (Å²) in [5.41, 5.74) is 3.73. The van der Waals surface area contributed by atoms with Crippen LogP contribution in [0, 0.1) is 0 Å². The highest BCUT2D eigenvalue weighted by atomic mass is 15.6. The average molecular weight is 84.1 g/mol. The molecule has 34 valence electrons. The third kappa shape index (κ3) is 0.282. The number of hydrogen-bond acceptors (Lipinski definition) is 0. The monoisotopic (exact) mass is 84.1 g/mol. The summed E-state index contributed by atoms with van der Waals surface area (Å²) in [7, 11) is 1.72. The number of H-pyrrole nitrogens is 1. The van der Waals surface area contributed by atoms with Crippen molar-refractivity contribution in [3.05, 3.63) is 17.8 Å². The Morgan fingerprint density at radius 3 is 2.50 bits per heavy atom. The molecule has 0 amide bonds. The Hall–Kier alpha value is -0.860. The molecule has 0 radical (unpaired) electrons. The van der Waals surface area contributed by atoms with Crippen LogP contribution in [-0.2, 0) is 0 Å². The number of aromatic amines is 1. The van der Waals surface area contributed by atoms with E-state index in [0.717, 1.165) is 0 Å². The molecule has 0 aliphatic heterocycles. The van der Waals surface area contributed by atoms with Crippen LogP contribution in [-0.4, -0.2) is 16.9 Å². The maximum atomic E-state index is 3.73. The van der Waals surface area contributed by atoms with E-state index in [4.69, 9.17) is 0 Å². The van der Waals surface area contributed by atoms with Gasteiger partial charge in [-0.15, -0.1) is 0 Å². The molecule has 1 aromatic heterocycles. The Balaban J connectivity index is 2.51. The summed E-state index contributed by atoms with van der Waals surface area (Å²) < 4.78 is 0. The molecule has 0 atom stereocenters. The summed E-state index contributed by atoms with van der Waals surface area (Å²) in [6.07, 6.45) is 3.65. The average Bonchev–Trinajstić information content (AvgIpc) is 1.31. The molecule has 1 aromatic rings. The van der Waals surface area contributed by atoms with Crippen molar-refractivity contribution in [2.24, 2.45) is 0 Å². The first-order chi connectivity index (χ1) is 2.93. The van der Waals surface area contributed by atoms with Crippen molar-refractivity contribution in [1.29, 1.82) is 0 Å². The zero-order chi connectivity index (χ0) is 4.41. The van der Waals surface area contributed by atoms with Crippen molar-refractivity contribution in [2.45, 2.75) is 0 Å². The number of nitrogens with zero attached hydrogens (tertiary/aromatic N) is 2. The standard InChI is InChI=1S/C3H6N3/c1-4-6-3-2-5-6/h2-3,5H,1H3/q-1. The van der Waals surface area contributed by atoms with Crippen molar-refractivity contribution in [3.8, 4) is 0 Å². The van der Waals surface area contributed by atoms with Crippen LogP contribution in [0.2, 0.25) is 0 Å². The quantitative estimate of drug-likeness (QED) is 0.516. The second-order valence-corrected chi connectivity index (χ2v) is 0.989. The van der Waals surface area contributed by atoms with E-state index < -0.39 is 0 Å². The Morgan fingerprint density at radius 2 is 2.50 bits per heavy atom. The molecule has 0 fully saturated rings. The van der Waals surface area contributed by atoms with E-state index in [9.17, 15) is 0 Å². The first kappa shape index (κ1) is 3.33. The van der Waals surface area contributed by atoms with Gasteiger partial charge in [0.15, 0.2) is 0 Å². The zero-order valence-electron chi connectivity index (χ0n) is 3.55. The number of hydrogen-bond donors (Lipinski definition) is 1. The van der Waals surface area contributed by atoms with Gasteiger partial charge >= 0.3 is 0 Å². The van der Waals surface area contributed by atoms with Crippen LogP contribution in [0.15, 0.2) is 12.4 Å². The lowest BCUT2D eigenvalue weighted by molar-refractivity contribution is 0.747. The summed E-state index contributed by atoms with van der Waals surface area (Å²) >= 11 is 0. The van der Waals surface area contributed by atoms with Gasteiger partial charge in [-0.25, -0.2) is 0 Å². The number of aromatic nitrogens is 2. The summed E-state index contributed by atoms with van der Waals surface area (Å²) in [4.78, 5) is 1.62. The predicted molar refractivity (Wildman–Crippen MR) is 23.5 cm³/mol. The first-order valence-corrected chi connectivity index (χ1v) is 1.75. The lowest BCUT2D eigenvalue weighted by Gasteiger charge is -2.16. The van der Waals surface area contributed by atoms with E-state index in [1.165, 1.54) is 0 Å². The van der Waals surface area contributed by atoms with E-state index in [-0.39, 0.29) is 0 Å². The van der Waals surface area contributed by atoms with E-state index in [1.54, 1.807) is 11.8 Å². The van der Waals surface area contributed by atoms with Gasteiger partial charge in [0.05, 0.1) is 0 Å². The second kappa shape index (κ2) is 1.08. The van der Waals surface area contributed by atoms with Crippen molar-refractivity contribution in [1.82, 2.24) is 9.89 Å². The van der Waals surface area contributed by atoms with Gasteiger partial charge in [-0.3, -0.25) is 0 Å². The topological polar surface area (TPSA) is 34.8 Å². The molecule has 1 rings (SSSR count). The van der Waals surface area contributed by atoms with E-state index in [1.807, 2.05) is 12.4 Å². The molecule has 0 saturated heterocycles.